The van der Waals surface area contributed by atoms with Gasteiger partial charge in [0.05, 0.1) is 23.8 Å². The molecule has 0 spiro atoms. The van der Waals surface area contributed by atoms with Gasteiger partial charge in [0.25, 0.3) is 5.91 Å². The van der Waals surface area contributed by atoms with Gasteiger partial charge in [-0.2, -0.15) is 0 Å². The molecule has 2 aromatic carbocycles. The van der Waals surface area contributed by atoms with E-state index in [-0.39, 0.29) is 17.7 Å². The second kappa shape index (κ2) is 11.5. The van der Waals surface area contributed by atoms with Gasteiger partial charge in [-0.1, -0.05) is 41.4 Å². The molecule has 1 heterocycles. The van der Waals surface area contributed by atoms with E-state index >= 15 is 0 Å². The molecule has 2 amide bonds. The number of halogens is 2. The largest absolute Gasteiger partial charge is 0.383 e. The summed E-state index contributed by atoms with van der Waals surface area (Å²) in [5.41, 5.74) is 1.82. The predicted molar refractivity (Wildman–Crippen MR) is 124 cm³/mol. The summed E-state index contributed by atoms with van der Waals surface area (Å²) in [7, 11) is 1.58. The molecule has 0 bridgehead atoms. The molecule has 1 aliphatic heterocycles. The van der Waals surface area contributed by atoms with Gasteiger partial charge in [0, 0.05) is 42.4 Å². The van der Waals surface area contributed by atoms with Gasteiger partial charge in [0.2, 0.25) is 5.91 Å². The monoisotopic (exact) mass is 463 g/mol. The quantitative estimate of drug-likeness (QED) is 0.574. The fourth-order valence-corrected chi connectivity index (χ4v) is 4.22. The molecule has 0 radical (unpaired) electrons. The summed E-state index contributed by atoms with van der Waals surface area (Å²) < 4.78 is 4.96. The number of carbonyl (C=O) groups excluding carboxylic acids is 2. The number of carbonyl (C=O) groups is 2. The van der Waals surface area contributed by atoms with Crippen molar-refractivity contribution in [3.8, 4) is 0 Å². The molecule has 166 valence electrons. The van der Waals surface area contributed by atoms with Crippen molar-refractivity contribution in [1.29, 1.82) is 0 Å². The zero-order chi connectivity index (χ0) is 22.2. The second-order valence-corrected chi connectivity index (χ2v) is 8.37. The number of para-hydroxylation sites is 1. The lowest BCUT2D eigenvalue weighted by atomic mass is 9.96. The number of likely N-dealkylation sites (tertiary alicyclic amines) is 1. The first-order valence-electron chi connectivity index (χ1n) is 10.3. The van der Waals surface area contributed by atoms with Gasteiger partial charge in [-0.15, -0.1) is 0 Å². The van der Waals surface area contributed by atoms with Crippen LogP contribution in [-0.4, -0.2) is 50.1 Å². The molecule has 1 aliphatic rings. The molecule has 2 N–H and O–H groups in total. The highest BCUT2D eigenvalue weighted by molar-refractivity contribution is 6.35. The highest BCUT2D eigenvalue weighted by atomic mass is 35.5. The van der Waals surface area contributed by atoms with Crippen molar-refractivity contribution in [1.82, 2.24) is 10.2 Å². The number of anilines is 1. The van der Waals surface area contributed by atoms with Gasteiger partial charge in [-0.25, -0.2) is 0 Å². The molecule has 0 aliphatic carbocycles. The summed E-state index contributed by atoms with van der Waals surface area (Å²) in [6, 6.07) is 12.5. The number of hydrogen-bond donors (Lipinski definition) is 2. The van der Waals surface area contributed by atoms with E-state index in [1.54, 1.807) is 31.4 Å². The van der Waals surface area contributed by atoms with E-state index in [0.29, 0.717) is 47.5 Å². The van der Waals surface area contributed by atoms with Crippen molar-refractivity contribution in [2.75, 3.05) is 38.7 Å². The first-order valence-corrected chi connectivity index (χ1v) is 11.1. The molecule has 0 saturated carbocycles. The maximum Gasteiger partial charge on any atom is 0.253 e. The molecule has 1 unspecified atom stereocenters. The molecular weight excluding hydrogens is 437 g/mol. The Morgan fingerprint density at radius 3 is 2.61 bits per heavy atom. The highest BCUT2D eigenvalue weighted by Crippen LogP contribution is 2.28. The highest BCUT2D eigenvalue weighted by Gasteiger charge is 2.27. The first-order chi connectivity index (χ1) is 15.0. The number of amides is 2. The Bertz CT molecular complexity index is 902. The lowest BCUT2D eigenvalue weighted by molar-refractivity contribution is -0.121. The zero-order valence-corrected chi connectivity index (χ0v) is 19.0. The van der Waals surface area contributed by atoms with Gasteiger partial charge < -0.3 is 15.4 Å². The van der Waals surface area contributed by atoms with Gasteiger partial charge in [0.1, 0.15) is 0 Å². The van der Waals surface area contributed by atoms with E-state index in [1.165, 1.54) is 0 Å². The van der Waals surface area contributed by atoms with E-state index in [2.05, 4.69) is 15.5 Å². The van der Waals surface area contributed by atoms with E-state index in [0.717, 1.165) is 24.9 Å². The van der Waals surface area contributed by atoms with Crippen LogP contribution in [0.4, 0.5) is 5.69 Å². The van der Waals surface area contributed by atoms with Crippen LogP contribution >= 0.6 is 23.2 Å². The average molecular weight is 464 g/mol. The third kappa shape index (κ3) is 6.43. The fourth-order valence-electron chi connectivity index (χ4n) is 3.71. The number of nitrogens with zero attached hydrogens (tertiary/aromatic N) is 1. The predicted octanol–water partition coefficient (Wildman–Crippen LogP) is 4.22. The Morgan fingerprint density at radius 2 is 1.87 bits per heavy atom. The molecule has 6 nitrogen and oxygen atoms in total. The van der Waals surface area contributed by atoms with Crippen molar-refractivity contribution in [2.45, 2.75) is 19.4 Å². The van der Waals surface area contributed by atoms with Gasteiger partial charge in [0.15, 0.2) is 0 Å². The molecule has 1 saturated heterocycles. The number of rotatable bonds is 8. The van der Waals surface area contributed by atoms with E-state index in [1.807, 2.05) is 18.2 Å². The SMILES string of the molecule is COCCNC(=O)c1ccccc1NC(=O)C1CCCN(Cc2c(Cl)cccc2Cl)C1. The number of nitrogens with one attached hydrogen (secondary N) is 2. The van der Waals surface area contributed by atoms with Crippen LogP contribution < -0.4 is 10.6 Å². The topological polar surface area (TPSA) is 70.7 Å². The third-order valence-corrected chi connectivity index (χ3v) is 6.05. The molecule has 3 rings (SSSR count). The number of ether oxygens (including phenoxy) is 1. The maximum atomic E-state index is 13.0. The summed E-state index contributed by atoms with van der Waals surface area (Å²) >= 11 is 12.6. The summed E-state index contributed by atoms with van der Waals surface area (Å²) in [5, 5.41) is 7.00. The van der Waals surface area contributed by atoms with Crippen LogP contribution in [0.15, 0.2) is 42.5 Å². The Balaban J connectivity index is 1.64. The third-order valence-electron chi connectivity index (χ3n) is 5.34. The van der Waals surface area contributed by atoms with E-state index in [9.17, 15) is 9.59 Å². The van der Waals surface area contributed by atoms with Crippen molar-refractivity contribution in [2.24, 2.45) is 5.92 Å². The van der Waals surface area contributed by atoms with Crippen LogP contribution in [-0.2, 0) is 16.1 Å². The maximum absolute atomic E-state index is 13.0. The Morgan fingerprint density at radius 1 is 1.13 bits per heavy atom. The van der Waals surface area contributed by atoms with Crippen molar-refractivity contribution in [3.63, 3.8) is 0 Å². The van der Waals surface area contributed by atoms with E-state index in [4.69, 9.17) is 27.9 Å². The van der Waals surface area contributed by atoms with Gasteiger partial charge in [-0.05, 0) is 43.7 Å². The zero-order valence-electron chi connectivity index (χ0n) is 17.5. The van der Waals surface area contributed by atoms with Crippen LogP contribution in [0, 0.1) is 5.92 Å². The fraction of sp³-hybridized carbons (Fsp3) is 0.391. The van der Waals surface area contributed by atoms with Crippen molar-refractivity contribution >= 4 is 40.7 Å². The summed E-state index contributed by atoms with van der Waals surface area (Å²) in [4.78, 5) is 27.7. The average Bonchev–Trinajstić information content (AvgIpc) is 2.77. The van der Waals surface area contributed by atoms with Crippen LogP contribution in [0.2, 0.25) is 10.0 Å². The summed E-state index contributed by atoms with van der Waals surface area (Å²) in [6.45, 7) is 2.91. The Kier molecular flexibility index (Phi) is 8.72. The number of benzene rings is 2. The smallest absolute Gasteiger partial charge is 0.253 e. The van der Waals surface area contributed by atoms with Crippen LogP contribution in [0.1, 0.15) is 28.8 Å². The first kappa shape index (κ1) is 23.5. The number of hydrogen-bond acceptors (Lipinski definition) is 4. The van der Waals surface area contributed by atoms with Gasteiger partial charge in [-0.3, -0.25) is 14.5 Å². The number of methoxy groups -OCH3 is 1. The normalized spacial score (nSPS) is 16.7. The van der Waals surface area contributed by atoms with Crippen LogP contribution in [0.3, 0.4) is 0 Å². The number of piperidine rings is 1. The van der Waals surface area contributed by atoms with Crippen LogP contribution in [0.5, 0.6) is 0 Å². The molecule has 1 fully saturated rings. The second-order valence-electron chi connectivity index (χ2n) is 7.56. The lowest BCUT2D eigenvalue weighted by Gasteiger charge is -2.32. The molecule has 0 aromatic heterocycles. The standard InChI is InChI=1S/C23H27Cl2N3O3/c1-31-13-11-26-23(30)17-7-2-3-10-21(17)27-22(29)16-6-5-12-28(14-16)15-18-19(24)8-4-9-20(18)25/h2-4,7-10,16H,5-6,11-15H2,1H3,(H,26,30)(H,27,29). The minimum absolute atomic E-state index is 0.0907. The Labute approximate surface area is 192 Å². The molecule has 1 atom stereocenters. The van der Waals surface area contributed by atoms with Crippen molar-refractivity contribution < 1.29 is 14.3 Å². The Hall–Kier alpha value is -2.12. The minimum Gasteiger partial charge on any atom is -0.383 e. The van der Waals surface area contributed by atoms with E-state index < -0.39 is 0 Å². The molecule has 8 heteroatoms. The minimum atomic E-state index is -0.244. The molecular formula is C23H27Cl2N3O3. The lowest BCUT2D eigenvalue weighted by Crippen LogP contribution is -2.40. The van der Waals surface area contributed by atoms with Gasteiger partial charge >= 0.3 is 0 Å². The summed E-state index contributed by atoms with van der Waals surface area (Å²) in [5.74, 6) is -0.515. The molecule has 31 heavy (non-hydrogen) atoms. The van der Waals surface area contributed by atoms with Crippen LogP contribution in [0.25, 0.3) is 0 Å². The summed E-state index contributed by atoms with van der Waals surface area (Å²) in [6.07, 6.45) is 1.69. The van der Waals surface area contributed by atoms with Crippen molar-refractivity contribution in [3.05, 3.63) is 63.6 Å². The molecule has 2 aromatic rings.